The van der Waals surface area contributed by atoms with Crippen LogP contribution in [0.2, 0.25) is 0 Å². The SMILES string of the molecule is C=C(C)C(=O)OCCCCOc1ccc(-c2ccc(-c3ccc(OC(=O)C(=C)C)cc3C)cc2F)cc1F. The van der Waals surface area contributed by atoms with Crippen molar-refractivity contribution in [2.45, 2.75) is 33.6 Å². The minimum Gasteiger partial charge on any atom is -0.491 e. The Kier molecular flexibility index (Phi) is 9.55. The lowest BCUT2D eigenvalue weighted by Gasteiger charge is -2.12. The molecule has 0 amide bonds. The number of benzene rings is 3. The van der Waals surface area contributed by atoms with Crippen LogP contribution in [0.4, 0.5) is 8.78 Å². The van der Waals surface area contributed by atoms with Crippen molar-refractivity contribution >= 4 is 11.9 Å². The van der Waals surface area contributed by atoms with Crippen LogP contribution in [-0.2, 0) is 14.3 Å². The molecule has 0 fully saturated rings. The third kappa shape index (κ3) is 7.38. The fourth-order valence-corrected chi connectivity index (χ4v) is 3.59. The van der Waals surface area contributed by atoms with Crippen molar-refractivity contribution in [3.05, 3.63) is 96.1 Å². The highest BCUT2D eigenvalue weighted by atomic mass is 19.1. The maximum atomic E-state index is 15.1. The molecule has 0 aliphatic carbocycles. The molecule has 0 saturated carbocycles. The Morgan fingerprint density at radius 3 is 2.00 bits per heavy atom. The fraction of sp³-hybridized carbons (Fsp3) is 0.226. The smallest absolute Gasteiger partial charge is 0.338 e. The number of carbonyl (C=O) groups is 2. The maximum absolute atomic E-state index is 15.1. The molecule has 3 rings (SSSR count). The zero-order valence-electron chi connectivity index (χ0n) is 21.7. The average Bonchev–Trinajstić information content (AvgIpc) is 2.86. The second-order valence-electron chi connectivity index (χ2n) is 8.96. The van der Waals surface area contributed by atoms with E-state index in [1.165, 1.54) is 18.2 Å². The number of ether oxygens (including phenoxy) is 3. The number of hydrogen-bond donors (Lipinski definition) is 0. The molecule has 7 heteroatoms. The van der Waals surface area contributed by atoms with Crippen molar-refractivity contribution in [1.82, 2.24) is 0 Å². The van der Waals surface area contributed by atoms with Crippen LogP contribution < -0.4 is 9.47 Å². The monoisotopic (exact) mass is 520 g/mol. The molecular weight excluding hydrogens is 490 g/mol. The molecule has 0 aromatic heterocycles. The average molecular weight is 521 g/mol. The van der Waals surface area contributed by atoms with Gasteiger partial charge in [-0.25, -0.2) is 18.4 Å². The minimum absolute atomic E-state index is 0.0628. The van der Waals surface area contributed by atoms with Crippen LogP contribution in [0.5, 0.6) is 11.5 Å². The van der Waals surface area contributed by atoms with E-state index in [4.69, 9.17) is 14.2 Å². The van der Waals surface area contributed by atoms with Gasteiger partial charge in [0, 0.05) is 16.7 Å². The molecule has 38 heavy (non-hydrogen) atoms. The van der Waals surface area contributed by atoms with E-state index in [1.807, 2.05) is 6.92 Å². The predicted octanol–water partition coefficient (Wildman–Crippen LogP) is 7.37. The number of carbonyl (C=O) groups excluding carboxylic acids is 2. The van der Waals surface area contributed by atoms with E-state index >= 15 is 4.39 Å². The Balaban J connectivity index is 1.64. The number of unbranched alkanes of at least 4 members (excludes halogenated alkanes) is 1. The first kappa shape index (κ1) is 28.3. The normalized spacial score (nSPS) is 10.6. The van der Waals surface area contributed by atoms with Gasteiger partial charge in [0.25, 0.3) is 0 Å². The number of halogens is 2. The first-order valence-corrected chi connectivity index (χ1v) is 12.1. The van der Waals surface area contributed by atoms with Crippen molar-refractivity contribution in [1.29, 1.82) is 0 Å². The van der Waals surface area contributed by atoms with E-state index in [-0.39, 0.29) is 24.5 Å². The standard InChI is InChI=1S/C31H30F2O5/c1-19(2)30(34)37-15-7-6-14-36-29-13-9-23(18-28(29)33)26-11-8-22(17-27(26)32)25-12-10-24(16-21(25)5)38-31(35)20(3)4/h8-13,16-18H,1,3,6-7,14-15H2,2,4-5H3. The third-order valence-electron chi connectivity index (χ3n) is 5.66. The van der Waals surface area contributed by atoms with Crippen LogP contribution in [0.1, 0.15) is 32.3 Å². The van der Waals surface area contributed by atoms with Crippen molar-refractivity contribution in [3.8, 4) is 33.8 Å². The number of hydrogen-bond acceptors (Lipinski definition) is 5. The number of rotatable bonds is 11. The lowest BCUT2D eigenvalue weighted by atomic mass is 9.96. The fourth-order valence-electron chi connectivity index (χ4n) is 3.59. The molecule has 3 aromatic carbocycles. The van der Waals surface area contributed by atoms with Crippen molar-refractivity contribution in [2.24, 2.45) is 0 Å². The second-order valence-corrected chi connectivity index (χ2v) is 8.96. The molecule has 0 aliphatic rings. The Hall–Kier alpha value is -4.26. The molecule has 0 unspecified atom stereocenters. The Morgan fingerprint density at radius 2 is 1.37 bits per heavy atom. The van der Waals surface area contributed by atoms with Crippen molar-refractivity contribution < 1.29 is 32.6 Å². The molecule has 5 nitrogen and oxygen atoms in total. The van der Waals surface area contributed by atoms with Crippen LogP contribution in [-0.4, -0.2) is 25.2 Å². The van der Waals surface area contributed by atoms with Crippen LogP contribution >= 0.6 is 0 Å². The summed E-state index contributed by atoms with van der Waals surface area (Å²) < 4.78 is 45.5. The van der Waals surface area contributed by atoms with E-state index in [0.29, 0.717) is 40.9 Å². The van der Waals surface area contributed by atoms with Gasteiger partial charge in [0.1, 0.15) is 11.6 Å². The summed E-state index contributed by atoms with van der Waals surface area (Å²) in [5.41, 5.74) is 3.46. The van der Waals surface area contributed by atoms with Crippen LogP contribution in [0.3, 0.4) is 0 Å². The molecule has 0 aliphatic heterocycles. The molecule has 0 heterocycles. The summed E-state index contributed by atoms with van der Waals surface area (Å²) in [6.45, 7) is 12.5. The number of esters is 2. The van der Waals surface area contributed by atoms with Gasteiger partial charge in [-0.3, -0.25) is 0 Å². The van der Waals surface area contributed by atoms with E-state index in [9.17, 15) is 14.0 Å². The predicted molar refractivity (Wildman–Crippen MR) is 143 cm³/mol. The first-order chi connectivity index (χ1) is 18.1. The van der Waals surface area contributed by atoms with Gasteiger partial charge in [-0.2, -0.15) is 0 Å². The molecular formula is C31H30F2O5. The highest BCUT2D eigenvalue weighted by molar-refractivity contribution is 5.89. The summed E-state index contributed by atoms with van der Waals surface area (Å²) in [5, 5.41) is 0. The molecule has 0 spiro atoms. The molecule has 3 aromatic rings. The summed E-state index contributed by atoms with van der Waals surface area (Å²) >= 11 is 0. The Bertz CT molecular complexity index is 1380. The summed E-state index contributed by atoms with van der Waals surface area (Å²) in [5.74, 6) is -1.62. The van der Waals surface area contributed by atoms with E-state index in [2.05, 4.69) is 13.2 Å². The van der Waals surface area contributed by atoms with E-state index in [0.717, 1.165) is 11.1 Å². The van der Waals surface area contributed by atoms with Gasteiger partial charge in [-0.15, -0.1) is 0 Å². The Morgan fingerprint density at radius 1 is 0.763 bits per heavy atom. The van der Waals surface area contributed by atoms with Crippen LogP contribution in [0, 0.1) is 18.6 Å². The van der Waals surface area contributed by atoms with E-state index in [1.54, 1.807) is 50.2 Å². The molecule has 0 atom stereocenters. The van der Waals surface area contributed by atoms with Crippen molar-refractivity contribution in [3.63, 3.8) is 0 Å². The van der Waals surface area contributed by atoms with Gasteiger partial charge >= 0.3 is 11.9 Å². The van der Waals surface area contributed by atoms with Gasteiger partial charge < -0.3 is 14.2 Å². The summed E-state index contributed by atoms with van der Waals surface area (Å²) in [7, 11) is 0. The molecule has 0 radical (unpaired) electrons. The van der Waals surface area contributed by atoms with Crippen LogP contribution in [0.25, 0.3) is 22.3 Å². The second kappa shape index (κ2) is 12.8. The van der Waals surface area contributed by atoms with Crippen LogP contribution in [0.15, 0.2) is 78.9 Å². The zero-order chi connectivity index (χ0) is 27.8. The van der Waals surface area contributed by atoms with Gasteiger partial charge in [0.15, 0.2) is 11.6 Å². The third-order valence-corrected chi connectivity index (χ3v) is 5.66. The highest BCUT2D eigenvalue weighted by Crippen LogP contribution is 2.33. The topological polar surface area (TPSA) is 61.8 Å². The quantitative estimate of drug-likeness (QED) is 0.114. The maximum Gasteiger partial charge on any atom is 0.338 e. The van der Waals surface area contributed by atoms with Gasteiger partial charge in [-0.05, 0) is 86.2 Å². The minimum atomic E-state index is -0.601. The first-order valence-electron chi connectivity index (χ1n) is 12.1. The molecule has 0 saturated heterocycles. The molecule has 198 valence electrons. The van der Waals surface area contributed by atoms with Gasteiger partial charge in [-0.1, -0.05) is 37.4 Å². The van der Waals surface area contributed by atoms with Gasteiger partial charge in [0.2, 0.25) is 0 Å². The Labute approximate surface area is 221 Å². The van der Waals surface area contributed by atoms with E-state index < -0.39 is 23.6 Å². The lowest BCUT2D eigenvalue weighted by Crippen LogP contribution is -2.08. The summed E-state index contributed by atoms with van der Waals surface area (Å²) in [4.78, 5) is 23.1. The molecule has 0 N–H and O–H groups in total. The lowest BCUT2D eigenvalue weighted by molar-refractivity contribution is -0.139. The highest BCUT2D eigenvalue weighted by Gasteiger charge is 2.13. The zero-order valence-corrected chi connectivity index (χ0v) is 21.7. The number of aryl methyl sites for hydroxylation is 1. The summed E-state index contributed by atoms with van der Waals surface area (Å²) in [6.07, 6.45) is 1.13. The largest absolute Gasteiger partial charge is 0.491 e. The summed E-state index contributed by atoms with van der Waals surface area (Å²) in [6, 6.07) is 14.1. The van der Waals surface area contributed by atoms with Crippen molar-refractivity contribution in [2.75, 3.05) is 13.2 Å². The van der Waals surface area contributed by atoms with Gasteiger partial charge in [0.05, 0.1) is 13.2 Å². The molecule has 0 bridgehead atoms.